The molecule has 1 amide bonds. The highest BCUT2D eigenvalue weighted by atomic mass is 16.5. The summed E-state index contributed by atoms with van der Waals surface area (Å²) >= 11 is 0. The highest BCUT2D eigenvalue weighted by Crippen LogP contribution is 2.40. The molecular weight excluding hydrogens is 340 g/mol. The monoisotopic (exact) mass is 366 g/mol. The average Bonchev–Trinajstić information content (AvgIpc) is 3.15. The topological polar surface area (TPSA) is 61.8 Å². The standard InChI is InChI=1S/C22H26N2O3/c1-27-20-6-2-16(3-7-20)14-24(26)21(25)18-4-5-19-13-22(10-11-23-15-22)9-8-17(19)12-18/h2-7,12,23,26H,8-11,13-15H2,1H3. The molecule has 1 atom stereocenters. The molecule has 0 aromatic heterocycles. The van der Waals surface area contributed by atoms with E-state index in [-0.39, 0.29) is 12.5 Å². The van der Waals surface area contributed by atoms with E-state index < -0.39 is 0 Å². The molecule has 5 nitrogen and oxygen atoms in total. The summed E-state index contributed by atoms with van der Waals surface area (Å²) in [5.74, 6) is 0.385. The van der Waals surface area contributed by atoms with Gasteiger partial charge in [-0.05, 0) is 78.6 Å². The molecule has 1 unspecified atom stereocenters. The van der Waals surface area contributed by atoms with Crippen LogP contribution in [0.1, 0.15) is 39.9 Å². The van der Waals surface area contributed by atoms with E-state index in [1.165, 1.54) is 24.0 Å². The van der Waals surface area contributed by atoms with Gasteiger partial charge >= 0.3 is 0 Å². The van der Waals surface area contributed by atoms with Crippen molar-refractivity contribution in [2.45, 2.75) is 32.2 Å². The molecule has 27 heavy (non-hydrogen) atoms. The SMILES string of the molecule is COc1ccc(CN(O)C(=O)c2ccc3c(c2)CCC2(CCNC2)C3)cc1. The van der Waals surface area contributed by atoms with Gasteiger partial charge < -0.3 is 10.1 Å². The zero-order valence-corrected chi connectivity index (χ0v) is 15.7. The smallest absolute Gasteiger partial charge is 0.277 e. The van der Waals surface area contributed by atoms with E-state index in [9.17, 15) is 10.0 Å². The van der Waals surface area contributed by atoms with Crippen molar-refractivity contribution in [3.63, 3.8) is 0 Å². The Bertz CT molecular complexity index is 826. The summed E-state index contributed by atoms with van der Waals surface area (Å²) in [7, 11) is 1.61. The lowest BCUT2D eigenvalue weighted by Crippen LogP contribution is -2.31. The van der Waals surface area contributed by atoms with E-state index in [1.54, 1.807) is 7.11 Å². The minimum Gasteiger partial charge on any atom is -0.497 e. The third-order valence-corrected chi connectivity index (χ3v) is 6.00. The lowest BCUT2D eigenvalue weighted by molar-refractivity contribution is -0.0648. The van der Waals surface area contributed by atoms with Gasteiger partial charge in [0.2, 0.25) is 0 Å². The Balaban J connectivity index is 1.45. The van der Waals surface area contributed by atoms with Gasteiger partial charge in [-0.3, -0.25) is 10.0 Å². The highest BCUT2D eigenvalue weighted by molar-refractivity contribution is 5.93. The second-order valence-electron chi connectivity index (χ2n) is 7.80. The first-order chi connectivity index (χ1) is 13.1. The number of aryl methyl sites for hydroxylation is 1. The molecule has 2 aliphatic rings. The van der Waals surface area contributed by atoms with Crippen LogP contribution in [0.4, 0.5) is 0 Å². The van der Waals surface area contributed by atoms with Crippen LogP contribution >= 0.6 is 0 Å². The zero-order valence-electron chi connectivity index (χ0n) is 15.7. The second-order valence-corrected chi connectivity index (χ2v) is 7.80. The van der Waals surface area contributed by atoms with Gasteiger partial charge in [0, 0.05) is 12.1 Å². The molecule has 1 fully saturated rings. The van der Waals surface area contributed by atoms with Crippen molar-refractivity contribution in [3.05, 3.63) is 64.7 Å². The number of hydrogen-bond acceptors (Lipinski definition) is 4. The zero-order chi connectivity index (χ0) is 18.9. The number of fused-ring (bicyclic) bond motifs is 1. The third-order valence-electron chi connectivity index (χ3n) is 6.00. The summed E-state index contributed by atoms with van der Waals surface area (Å²) in [5.41, 5.74) is 4.39. The van der Waals surface area contributed by atoms with Gasteiger partial charge in [-0.15, -0.1) is 0 Å². The fraction of sp³-hybridized carbons (Fsp3) is 0.409. The predicted molar refractivity (Wildman–Crippen MR) is 103 cm³/mol. The number of nitrogens with zero attached hydrogens (tertiary/aromatic N) is 1. The van der Waals surface area contributed by atoms with Gasteiger partial charge in [0.15, 0.2) is 0 Å². The first-order valence-electron chi connectivity index (χ1n) is 9.55. The van der Waals surface area contributed by atoms with Crippen molar-refractivity contribution in [2.75, 3.05) is 20.2 Å². The lowest BCUT2D eigenvalue weighted by Gasteiger charge is -2.34. The first kappa shape index (κ1) is 18.0. The minimum absolute atomic E-state index is 0.148. The lowest BCUT2D eigenvalue weighted by atomic mass is 9.71. The van der Waals surface area contributed by atoms with Crippen LogP contribution < -0.4 is 10.1 Å². The molecule has 5 heteroatoms. The van der Waals surface area contributed by atoms with Crippen molar-refractivity contribution < 1.29 is 14.7 Å². The molecule has 1 heterocycles. The Hall–Kier alpha value is -2.37. The van der Waals surface area contributed by atoms with Crippen LogP contribution in [0.5, 0.6) is 5.75 Å². The summed E-state index contributed by atoms with van der Waals surface area (Å²) < 4.78 is 5.13. The summed E-state index contributed by atoms with van der Waals surface area (Å²) in [4.78, 5) is 12.6. The van der Waals surface area contributed by atoms with Gasteiger partial charge in [0.1, 0.15) is 5.75 Å². The number of hydroxylamine groups is 2. The molecule has 1 spiro atoms. The quantitative estimate of drug-likeness (QED) is 0.644. The molecule has 0 saturated carbocycles. The Morgan fingerprint density at radius 1 is 1.19 bits per heavy atom. The molecule has 1 aliphatic heterocycles. The molecule has 2 N–H and O–H groups in total. The van der Waals surface area contributed by atoms with Gasteiger partial charge in [-0.25, -0.2) is 5.06 Å². The average molecular weight is 366 g/mol. The van der Waals surface area contributed by atoms with Crippen molar-refractivity contribution in [3.8, 4) is 5.75 Å². The van der Waals surface area contributed by atoms with Crippen LogP contribution in [0.25, 0.3) is 0 Å². The van der Waals surface area contributed by atoms with E-state index in [0.29, 0.717) is 11.0 Å². The number of nitrogens with one attached hydrogen (secondary N) is 1. The van der Waals surface area contributed by atoms with E-state index in [0.717, 1.165) is 42.3 Å². The number of methoxy groups -OCH3 is 1. The van der Waals surface area contributed by atoms with E-state index in [1.807, 2.05) is 36.4 Å². The minimum atomic E-state index is -0.364. The largest absolute Gasteiger partial charge is 0.497 e. The van der Waals surface area contributed by atoms with E-state index in [2.05, 4.69) is 11.4 Å². The first-order valence-corrected chi connectivity index (χ1v) is 9.55. The maximum atomic E-state index is 12.6. The summed E-state index contributed by atoms with van der Waals surface area (Å²) in [5, 5.41) is 14.5. The van der Waals surface area contributed by atoms with Crippen molar-refractivity contribution in [1.29, 1.82) is 0 Å². The Labute approximate surface area is 159 Å². The number of ether oxygens (including phenoxy) is 1. The fourth-order valence-electron chi connectivity index (χ4n) is 4.34. The molecule has 142 valence electrons. The Morgan fingerprint density at radius 2 is 2.00 bits per heavy atom. The maximum Gasteiger partial charge on any atom is 0.277 e. The van der Waals surface area contributed by atoms with Crippen LogP contribution in [-0.2, 0) is 19.4 Å². The number of benzene rings is 2. The van der Waals surface area contributed by atoms with Crippen LogP contribution in [0.2, 0.25) is 0 Å². The van der Waals surface area contributed by atoms with Crippen LogP contribution in [0.15, 0.2) is 42.5 Å². The van der Waals surface area contributed by atoms with Crippen molar-refractivity contribution in [1.82, 2.24) is 10.4 Å². The second kappa shape index (κ2) is 7.33. The maximum absolute atomic E-state index is 12.6. The van der Waals surface area contributed by atoms with Crippen LogP contribution in [-0.4, -0.2) is 36.4 Å². The summed E-state index contributed by atoms with van der Waals surface area (Å²) in [6, 6.07) is 13.2. The third kappa shape index (κ3) is 3.70. The van der Waals surface area contributed by atoms with E-state index >= 15 is 0 Å². The molecule has 4 rings (SSSR count). The number of amides is 1. The number of carbonyl (C=O) groups excluding carboxylic acids is 1. The highest BCUT2D eigenvalue weighted by Gasteiger charge is 2.37. The van der Waals surface area contributed by atoms with Gasteiger partial charge in [0.25, 0.3) is 5.91 Å². The molecule has 2 aromatic rings. The molecule has 2 aromatic carbocycles. The Morgan fingerprint density at radius 3 is 2.70 bits per heavy atom. The number of rotatable bonds is 4. The summed E-state index contributed by atoms with van der Waals surface area (Å²) in [6.07, 6.45) is 4.49. The normalized spacial score (nSPS) is 21.1. The predicted octanol–water partition coefficient (Wildman–Crippen LogP) is 3.20. The Kier molecular flexibility index (Phi) is 4.89. The van der Waals surface area contributed by atoms with Crippen LogP contribution in [0.3, 0.4) is 0 Å². The summed E-state index contributed by atoms with van der Waals surface area (Å²) in [6.45, 7) is 2.35. The van der Waals surface area contributed by atoms with Crippen LogP contribution in [0, 0.1) is 5.41 Å². The number of hydrogen-bond donors (Lipinski definition) is 2. The fourth-order valence-corrected chi connectivity index (χ4v) is 4.34. The molecule has 1 saturated heterocycles. The molecular formula is C22H26N2O3. The molecule has 0 bridgehead atoms. The van der Waals surface area contributed by atoms with Crippen molar-refractivity contribution >= 4 is 5.91 Å². The van der Waals surface area contributed by atoms with Gasteiger partial charge in [0.05, 0.1) is 13.7 Å². The van der Waals surface area contributed by atoms with Crippen molar-refractivity contribution in [2.24, 2.45) is 5.41 Å². The molecule has 0 radical (unpaired) electrons. The van der Waals surface area contributed by atoms with Gasteiger partial charge in [-0.1, -0.05) is 18.2 Å². The van der Waals surface area contributed by atoms with Gasteiger partial charge in [-0.2, -0.15) is 0 Å². The van der Waals surface area contributed by atoms with E-state index in [4.69, 9.17) is 4.74 Å². The molecule has 1 aliphatic carbocycles. The number of carbonyl (C=O) groups is 1.